The van der Waals surface area contributed by atoms with Crippen LogP contribution in [0, 0.1) is 21.7 Å². The van der Waals surface area contributed by atoms with Crippen molar-refractivity contribution in [2.24, 2.45) is 0 Å². The van der Waals surface area contributed by atoms with Crippen molar-refractivity contribution < 1.29 is 18.5 Å². The van der Waals surface area contributed by atoms with Crippen LogP contribution in [0.5, 0.6) is 0 Å². The Labute approximate surface area is 130 Å². The number of amides is 1. The topological polar surface area (TPSA) is 84.3 Å². The number of hydrogen-bond acceptors (Lipinski definition) is 4. The zero-order chi connectivity index (χ0) is 16.8. The molecule has 0 spiro atoms. The Bertz CT molecular complexity index is 717. The molecule has 0 saturated heterocycles. The molecule has 0 radical (unpaired) electrons. The van der Waals surface area contributed by atoms with Crippen LogP contribution >= 0.6 is 0 Å². The van der Waals surface area contributed by atoms with Gasteiger partial charge in [0.15, 0.2) is 0 Å². The molecule has 0 fully saturated rings. The third-order valence-corrected chi connectivity index (χ3v) is 2.95. The number of nitrogens with one attached hydrogen (secondary N) is 2. The zero-order valence-corrected chi connectivity index (χ0v) is 11.9. The van der Waals surface area contributed by atoms with Crippen LogP contribution in [0.4, 0.5) is 20.2 Å². The quantitative estimate of drug-likeness (QED) is 0.487. The van der Waals surface area contributed by atoms with Crippen molar-refractivity contribution in [1.29, 1.82) is 0 Å². The molecule has 2 N–H and O–H groups in total. The normalized spacial score (nSPS) is 10.2. The van der Waals surface area contributed by atoms with Gasteiger partial charge in [0, 0.05) is 30.8 Å². The fraction of sp³-hybridized carbons (Fsp3) is 0.133. The number of rotatable bonds is 6. The fourth-order valence-corrected chi connectivity index (χ4v) is 1.94. The highest BCUT2D eigenvalue weighted by molar-refractivity contribution is 5.94. The average molecular weight is 321 g/mol. The van der Waals surface area contributed by atoms with E-state index in [4.69, 9.17) is 0 Å². The summed E-state index contributed by atoms with van der Waals surface area (Å²) in [4.78, 5) is 22.1. The lowest BCUT2D eigenvalue weighted by Crippen LogP contribution is -2.29. The predicted molar refractivity (Wildman–Crippen MR) is 80.3 cm³/mol. The van der Waals surface area contributed by atoms with Gasteiger partial charge in [0.1, 0.15) is 17.3 Å². The van der Waals surface area contributed by atoms with Crippen LogP contribution in [0.1, 0.15) is 10.4 Å². The highest BCUT2D eigenvalue weighted by Gasteiger charge is 2.12. The second kappa shape index (κ2) is 7.30. The molecule has 0 aliphatic rings. The first-order valence-corrected chi connectivity index (χ1v) is 6.69. The summed E-state index contributed by atoms with van der Waals surface area (Å²) in [5.74, 6) is -2.31. The monoisotopic (exact) mass is 321 g/mol. The standard InChI is InChI=1S/C15H13F2N3O3/c16-11-7-10(8-12(17)9-11)15(21)19-6-5-18-13-3-1-2-4-14(13)20(22)23/h1-4,7-9,18H,5-6H2,(H,19,21). The Balaban J connectivity index is 1.88. The van der Waals surface area contributed by atoms with E-state index in [1.54, 1.807) is 18.2 Å². The molecule has 0 aliphatic heterocycles. The smallest absolute Gasteiger partial charge is 0.292 e. The maximum atomic E-state index is 13.0. The maximum Gasteiger partial charge on any atom is 0.292 e. The molecule has 0 atom stereocenters. The lowest BCUT2D eigenvalue weighted by atomic mass is 10.2. The highest BCUT2D eigenvalue weighted by atomic mass is 19.1. The number of carbonyl (C=O) groups is 1. The van der Waals surface area contributed by atoms with Gasteiger partial charge in [-0.25, -0.2) is 8.78 Å². The molecule has 0 unspecified atom stereocenters. The molecule has 6 nitrogen and oxygen atoms in total. The molecule has 0 aromatic heterocycles. The van der Waals surface area contributed by atoms with E-state index in [0.29, 0.717) is 11.8 Å². The van der Waals surface area contributed by atoms with E-state index in [1.807, 2.05) is 0 Å². The SMILES string of the molecule is O=C(NCCNc1ccccc1[N+](=O)[O-])c1cc(F)cc(F)c1. The number of benzene rings is 2. The van der Waals surface area contributed by atoms with Gasteiger partial charge in [-0.2, -0.15) is 0 Å². The van der Waals surface area contributed by atoms with Gasteiger partial charge in [-0.3, -0.25) is 14.9 Å². The van der Waals surface area contributed by atoms with Gasteiger partial charge >= 0.3 is 0 Å². The summed E-state index contributed by atoms with van der Waals surface area (Å²) in [6, 6.07) is 8.61. The number of carbonyl (C=O) groups excluding carboxylic acids is 1. The first kappa shape index (κ1) is 16.3. The zero-order valence-electron chi connectivity index (χ0n) is 11.9. The van der Waals surface area contributed by atoms with E-state index in [-0.39, 0.29) is 24.3 Å². The van der Waals surface area contributed by atoms with Gasteiger partial charge in [0.2, 0.25) is 0 Å². The van der Waals surface area contributed by atoms with Crippen LogP contribution < -0.4 is 10.6 Å². The number of nitro benzene ring substituents is 1. The van der Waals surface area contributed by atoms with Gasteiger partial charge in [0.05, 0.1) is 4.92 Å². The molecule has 2 rings (SSSR count). The minimum Gasteiger partial charge on any atom is -0.378 e. The van der Waals surface area contributed by atoms with Crippen molar-refractivity contribution in [3.8, 4) is 0 Å². The molecule has 120 valence electrons. The summed E-state index contributed by atoms with van der Waals surface area (Å²) in [5, 5.41) is 16.1. The molecule has 2 aromatic rings. The van der Waals surface area contributed by atoms with Crippen molar-refractivity contribution in [2.45, 2.75) is 0 Å². The number of nitrogens with zero attached hydrogens (tertiary/aromatic N) is 1. The third-order valence-electron chi connectivity index (χ3n) is 2.95. The van der Waals surface area contributed by atoms with Crippen LogP contribution in [-0.4, -0.2) is 23.9 Å². The Hall–Kier alpha value is -3.03. The van der Waals surface area contributed by atoms with Crippen LogP contribution in [0.25, 0.3) is 0 Å². The first-order valence-electron chi connectivity index (χ1n) is 6.69. The Kier molecular flexibility index (Phi) is 5.19. The summed E-state index contributed by atoms with van der Waals surface area (Å²) >= 11 is 0. The van der Waals surface area contributed by atoms with Crippen molar-refractivity contribution >= 4 is 17.3 Å². The minimum absolute atomic E-state index is 0.0778. The van der Waals surface area contributed by atoms with Gasteiger partial charge < -0.3 is 10.6 Å². The molecular weight excluding hydrogens is 308 g/mol. The van der Waals surface area contributed by atoms with Crippen LogP contribution in [0.15, 0.2) is 42.5 Å². The van der Waals surface area contributed by atoms with Crippen molar-refractivity contribution in [1.82, 2.24) is 5.32 Å². The van der Waals surface area contributed by atoms with E-state index in [2.05, 4.69) is 10.6 Å². The molecule has 1 amide bonds. The molecule has 0 aliphatic carbocycles. The van der Waals surface area contributed by atoms with Gasteiger partial charge in [-0.1, -0.05) is 12.1 Å². The summed E-state index contributed by atoms with van der Waals surface area (Å²) in [5.41, 5.74) is 0.114. The van der Waals surface area contributed by atoms with Crippen LogP contribution in [0.2, 0.25) is 0 Å². The summed E-state index contributed by atoms with van der Waals surface area (Å²) in [6.45, 7) is 0.345. The van der Waals surface area contributed by atoms with Gasteiger partial charge in [0.25, 0.3) is 11.6 Å². The van der Waals surface area contributed by atoms with E-state index in [1.165, 1.54) is 6.07 Å². The number of para-hydroxylation sites is 2. The Morgan fingerprint density at radius 3 is 2.39 bits per heavy atom. The average Bonchev–Trinajstić information content (AvgIpc) is 2.50. The number of nitro groups is 1. The summed E-state index contributed by atoms with van der Waals surface area (Å²) in [7, 11) is 0. The molecular formula is C15H13F2N3O3. The number of anilines is 1. The highest BCUT2D eigenvalue weighted by Crippen LogP contribution is 2.22. The second-order valence-electron chi connectivity index (χ2n) is 4.62. The van der Waals surface area contributed by atoms with Crippen molar-refractivity contribution in [2.75, 3.05) is 18.4 Å². The number of hydrogen-bond donors (Lipinski definition) is 2. The fourth-order valence-electron chi connectivity index (χ4n) is 1.94. The van der Waals surface area contributed by atoms with Gasteiger partial charge in [-0.15, -0.1) is 0 Å². The largest absolute Gasteiger partial charge is 0.378 e. The lowest BCUT2D eigenvalue weighted by molar-refractivity contribution is -0.384. The van der Waals surface area contributed by atoms with Crippen molar-refractivity contribution in [3.05, 3.63) is 69.8 Å². The summed E-state index contributed by atoms with van der Waals surface area (Å²) in [6.07, 6.45) is 0. The molecule has 0 heterocycles. The third kappa shape index (κ3) is 4.47. The van der Waals surface area contributed by atoms with E-state index in [0.717, 1.165) is 12.1 Å². The van der Waals surface area contributed by atoms with E-state index >= 15 is 0 Å². The lowest BCUT2D eigenvalue weighted by Gasteiger charge is -2.08. The summed E-state index contributed by atoms with van der Waals surface area (Å²) < 4.78 is 26.0. The Morgan fingerprint density at radius 2 is 1.74 bits per heavy atom. The molecule has 23 heavy (non-hydrogen) atoms. The van der Waals surface area contributed by atoms with E-state index < -0.39 is 22.5 Å². The maximum absolute atomic E-state index is 13.0. The minimum atomic E-state index is -0.840. The van der Waals surface area contributed by atoms with Gasteiger partial charge in [-0.05, 0) is 18.2 Å². The number of halogens is 2. The molecule has 0 bridgehead atoms. The van der Waals surface area contributed by atoms with Crippen LogP contribution in [-0.2, 0) is 0 Å². The van der Waals surface area contributed by atoms with Crippen LogP contribution in [0.3, 0.4) is 0 Å². The second-order valence-corrected chi connectivity index (χ2v) is 4.62. The Morgan fingerprint density at radius 1 is 1.09 bits per heavy atom. The molecule has 0 saturated carbocycles. The molecule has 2 aromatic carbocycles. The molecule has 8 heteroatoms. The predicted octanol–water partition coefficient (Wildman–Crippen LogP) is 2.71. The first-order chi connectivity index (χ1) is 11.0. The van der Waals surface area contributed by atoms with Crippen molar-refractivity contribution in [3.63, 3.8) is 0 Å². The van der Waals surface area contributed by atoms with E-state index in [9.17, 15) is 23.7 Å².